The van der Waals surface area contributed by atoms with Crippen molar-refractivity contribution in [3.63, 3.8) is 0 Å². The van der Waals surface area contributed by atoms with Gasteiger partial charge in [0.2, 0.25) is 5.91 Å². The van der Waals surface area contributed by atoms with Gasteiger partial charge in [-0.15, -0.1) is 0 Å². The summed E-state index contributed by atoms with van der Waals surface area (Å²) in [4.78, 5) is 24.1. The fraction of sp³-hybridized carbons (Fsp3) is 0.0952. The Morgan fingerprint density at radius 3 is 2.62 bits per heavy atom. The number of pyridine rings is 1. The van der Waals surface area contributed by atoms with E-state index in [-0.39, 0.29) is 5.91 Å². The lowest BCUT2D eigenvalue weighted by Gasteiger charge is -2.05. The van der Waals surface area contributed by atoms with Crippen molar-refractivity contribution in [3.8, 4) is 11.4 Å². The molecule has 0 unspecified atom stereocenters. The zero-order valence-electron chi connectivity index (χ0n) is 14.1. The molecule has 4 rings (SSSR count). The predicted octanol–water partition coefficient (Wildman–Crippen LogP) is 4.20. The summed E-state index contributed by atoms with van der Waals surface area (Å²) in [6.45, 7) is 0. The zero-order chi connectivity index (χ0) is 17.8. The van der Waals surface area contributed by atoms with E-state index in [0.717, 1.165) is 40.1 Å². The number of nitrogens with one attached hydrogen (secondary N) is 2. The summed E-state index contributed by atoms with van der Waals surface area (Å²) in [5.74, 6) is 0.789. The van der Waals surface area contributed by atoms with Crippen LogP contribution in [0.4, 0.5) is 5.69 Å². The average Bonchev–Trinajstić information content (AvgIpc) is 3.11. The Balaban J connectivity index is 1.46. The van der Waals surface area contributed by atoms with Crippen molar-refractivity contribution in [3.05, 3.63) is 78.6 Å². The first-order valence-corrected chi connectivity index (χ1v) is 8.52. The normalized spacial score (nSPS) is 10.8. The third kappa shape index (κ3) is 3.62. The van der Waals surface area contributed by atoms with Crippen LogP contribution in [-0.4, -0.2) is 20.9 Å². The Morgan fingerprint density at radius 2 is 1.81 bits per heavy atom. The monoisotopic (exact) mass is 342 g/mol. The van der Waals surface area contributed by atoms with Gasteiger partial charge in [0, 0.05) is 30.1 Å². The smallest absolute Gasteiger partial charge is 0.224 e. The average molecular weight is 342 g/mol. The highest BCUT2D eigenvalue weighted by Gasteiger charge is 2.08. The SMILES string of the molecule is O=C(CCc1ccccc1)Nc1ccc2nc(-c3ccncc3)[nH]c2c1. The molecular formula is C21H18N4O. The van der Waals surface area contributed by atoms with Crippen LogP contribution < -0.4 is 5.32 Å². The molecule has 2 aromatic carbocycles. The molecule has 5 nitrogen and oxygen atoms in total. The van der Waals surface area contributed by atoms with Crippen molar-refractivity contribution in [2.24, 2.45) is 0 Å². The van der Waals surface area contributed by atoms with Crippen LogP contribution >= 0.6 is 0 Å². The van der Waals surface area contributed by atoms with Crippen LogP contribution in [0.3, 0.4) is 0 Å². The van der Waals surface area contributed by atoms with Gasteiger partial charge >= 0.3 is 0 Å². The van der Waals surface area contributed by atoms with Gasteiger partial charge < -0.3 is 10.3 Å². The third-order valence-corrected chi connectivity index (χ3v) is 4.20. The number of hydrogen-bond donors (Lipinski definition) is 2. The molecule has 2 aromatic heterocycles. The molecule has 26 heavy (non-hydrogen) atoms. The second-order valence-electron chi connectivity index (χ2n) is 6.09. The number of carbonyl (C=O) groups is 1. The van der Waals surface area contributed by atoms with Gasteiger partial charge in [-0.25, -0.2) is 4.98 Å². The fourth-order valence-corrected chi connectivity index (χ4v) is 2.86. The van der Waals surface area contributed by atoms with E-state index in [4.69, 9.17) is 0 Å². The Bertz CT molecular complexity index is 1030. The number of H-pyrrole nitrogens is 1. The highest BCUT2D eigenvalue weighted by Crippen LogP contribution is 2.22. The number of hydrogen-bond acceptors (Lipinski definition) is 3. The van der Waals surface area contributed by atoms with Crippen LogP contribution in [0.25, 0.3) is 22.4 Å². The van der Waals surface area contributed by atoms with E-state index >= 15 is 0 Å². The molecule has 0 saturated carbocycles. The molecule has 0 atom stereocenters. The molecule has 0 radical (unpaired) electrons. The van der Waals surface area contributed by atoms with Crippen LogP contribution in [0.2, 0.25) is 0 Å². The van der Waals surface area contributed by atoms with Crippen molar-refractivity contribution in [2.75, 3.05) is 5.32 Å². The molecular weight excluding hydrogens is 324 g/mol. The number of rotatable bonds is 5. The van der Waals surface area contributed by atoms with Crippen molar-refractivity contribution in [1.29, 1.82) is 0 Å². The number of carbonyl (C=O) groups excluding carboxylic acids is 1. The van der Waals surface area contributed by atoms with Gasteiger partial charge in [0.05, 0.1) is 11.0 Å². The van der Waals surface area contributed by atoms with Gasteiger partial charge in [0.15, 0.2) is 0 Å². The largest absolute Gasteiger partial charge is 0.338 e. The van der Waals surface area contributed by atoms with Gasteiger partial charge in [-0.2, -0.15) is 0 Å². The number of aromatic nitrogens is 3. The standard InChI is InChI=1S/C21H18N4O/c26-20(9-6-15-4-2-1-3-5-15)23-17-7-8-18-19(14-17)25-21(24-18)16-10-12-22-13-11-16/h1-5,7-8,10-14H,6,9H2,(H,23,26)(H,24,25). The number of nitrogens with zero attached hydrogens (tertiary/aromatic N) is 2. The van der Waals surface area contributed by atoms with Crippen LogP contribution in [-0.2, 0) is 11.2 Å². The lowest BCUT2D eigenvalue weighted by molar-refractivity contribution is -0.116. The molecule has 2 heterocycles. The van der Waals surface area contributed by atoms with Crippen LogP contribution in [0.5, 0.6) is 0 Å². The first-order valence-electron chi connectivity index (χ1n) is 8.52. The summed E-state index contributed by atoms with van der Waals surface area (Å²) in [5.41, 5.74) is 4.65. The summed E-state index contributed by atoms with van der Waals surface area (Å²) >= 11 is 0. The lowest BCUT2D eigenvalue weighted by atomic mass is 10.1. The molecule has 0 bridgehead atoms. The first kappa shape index (κ1) is 16.0. The molecule has 4 aromatic rings. The molecule has 128 valence electrons. The van der Waals surface area contributed by atoms with E-state index in [9.17, 15) is 4.79 Å². The van der Waals surface area contributed by atoms with Crippen LogP contribution in [0, 0.1) is 0 Å². The minimum Gasteiger partial charge on any atom is -0.338 e. The van der Waals surface area contributed by atoms with E-state index in [1.807, 2.05) is 60.7 Å². The Morgan fingerprint density at radius 1 is 1.00 bits per heavy atom. The lowest BCUT2D eigenvalue weighted by Crippen LogP contribution is -2.12. The molecule has 0 spiro atoms. The molecule has 0 aliphatic rings. The minimum absolute atomic E-state index is 0.00192. The molecule has 0 aliphatic heterocycles. The molecule has 2 N–H and O–H groups in total. The van der Waals surface area contributed by atoms with Crippen molar-refractivity contribution >= 4 is 22.6 Å². The highest BCUT2D eigenvalue weighted by atomic mass is 16.1. The summed E-state index contributed by atoms with van der Waals surface area (Å²) in [6.07, 6.45) is 4.65. The van der Waals surface area contributed by atoms with E-state index in [0.29, 0.717) is 6.42 Å². The van der Waals surface area contributed by atoms with Crippen molar-refractivity contribution in [1.82, 2.24) is 15.0 Å². The van der Waals surface area contributed by atoms with Crippen molar-refractivity contribution < 1.29 is 4.79 Å². The minimum atomic E-state index is 0.00192. The topological polar surface area (TPSA) is 70.7 Å². The van der Waals surface area contributed by atoms with E-state index in [2.05, 4.69) is 20.3 Å². The second kappa shape index (κ2) is 7.19. The highest BCUT2D eigenvalue weighted by molar-refractivity contribution is 5.93. The number of benzene rings is 2. The Hall–Kier alpha value is -3.47. The summed E-state index contributed by atoms with van der Waals surface area (Å²) in [5, 5.41) is 2.96. The number of aromatic amines is 1. The molecule has 5 heteroatoms. The molecule has 0 fully saturated rings. The molecule has 0 aliphatic carbocycles. The zero-order valence-corrected chi connectivity index (χ0v) is 14.1. The maximum Gasteiger partial charge on any atom is 0.224 e. The van der Waals surface area contributed by atoms with Gasteiger partial charge in [-0.3, -0.25) is 9.78 Å². The summed E-state index contributed by atoms with van der Waals surface area (Å²) in [6, 6.07) is 19.5. The van der Waals surface area contributed by atoms with Crippen LogP contribution in [0.15, 0.2) is 73.1 Å². The fourth-order valence-electron chi connectivity index (χ4n) is 2.86. The Kier molecular flexibility index (Phi) is 4.43. The van der Waals surface area contributed by atoms with Crippen LogP contribution in [0.1, 0.15) is 12.0 Å². The summed E-state index contributed by atoms with van der Waals surface area (Å²) < 4.78 is 0. The molecule has 0 saturated heterocycles. The predicted molar refractivity (Wildman–Crippen MR) is 103 cm³/mol. The van der Waals surface area contributed by atoms with Gasteiger partial charge in [-0.05, 0) is 42.3 Å². The number of fused-ring (bicyclic) bond motifs is 1. The van der Waals surface area contributed by atoms with Gasteiger partial charge in [0.25, 0.3) is 0 Å². The van der Waals surface area contributed by atoms with E-state index < -0.39 is 0 Å². The third-order valence-electron chi connectivity index (χ3n) is 4.20. The summed E-state index contributed by atoms with van der Waals surface area (Å²) in [7, 11) is 0. The number of imidazole rings is 1. The maximum atomic E-state index is 12.2. The molecule has 1 amide bonds. The quantitative estimate of drug-likeness (QED) is 0.571. The number of amides is 1. The van der Waals surface area contributed by atoms with Gasteiger partial charge in [-0.1, -0.05) is 30.3 Å². The number of anilines is 1. The van der Waals surface area contributed by atoms with Gasteiger partial charge in [0.1, 0.15) is 5.82 Å². The Labute approximate surface area is 151 Å². The maximum absolute atomic E-state index is 12.2. The number of aryl methyl sites for hydroxylation is 1. The second-order valence-corrected chi connectivity index (χ2v) is 6.09. The van der Waals surface area contributed by atoms with E-state index in [1.165, 1.54) is 0 Å². The van der Waals surface area contributed by atoms with E-state index in [1.54, 1.807) is 12.4 Å². The van der Waals surface area contributed by atoms with Crippen molar-refractivity contribution in [2.45, 2.75) is 12.8 Å². The first-order chi connectivity index (χ1) is 12.8.